The summed E-state index contributed by atoms with van der Waals surface area (Å²) in [6.07, 6.45) is 2.19. The SMILES string of the molecule is CCn1c(=Cc2sc3c4ccccc4ccc3[n+]2CC)s/c(=C2\Sc3ccc(Cl)cc3N2C)c1=O. The average molecular weight is 537 g/mol. The molecule has 35 heavy (non-hydrogen) atoms. The van der Waals surface area contributed by atoms with Crippen molar-refractivity contribution in [2.45, 2.75) is 31.8 Å². The number of thioether (sulfide) groups is 1. The topological polar surface area (TPSA) is 29.1 Å². The summed E-state index contributed by atoms with van der Waals surface area (Å²) in [5.41, 5.74) is 2.34. The average Bonchev–Trinajstić information content (AvgIpc) is 3.49. The molecule has 0 aliphatic carbocycles. The number of hydrogen-bond acceptors (Lipinski definition) is 5. The predicted octanol–water partition coefficient (Wildman–Crippen LogP) is 5.40. The molecule has 0 atom stereocenters. The van der Waals surface area contributed by atoms with E-state index in [0.29, 0.717) is 11.6 Å². The number of aryl methyl sites for hydroxylation is 1. The molecule has 1 aliphatic rings. The Kier molecular flexibility index (Phi) is 5.76. The van der Waals surface area contributed by atoms with Crippen molar-refractivity contribution >= 4 is 83.8 Å². The van der Waals surface area contributed by atoms with Crippen LogP contribution in [0.15, 0.2) is 64.3 Å². The lowest BCUT2D eigenvalue weighted by atomic mass is 10.1. The first-order valence-corrected chi connectivity index (χ1v) is 14.3. The van der Waals surface area contributed by atoms with Gasteiger partial charge in [-0.1, -0.05) is 59.0 Å². The number of rotatable bonds is 3. The van der Waals surface area contributed by atoms with E-state index in [9.17, 15) is 4.79 Å². The molecule has 3 heterocycles. The zero-order chi connectivity index (χ0) is 24.3. The third-order valence-electron chi connectivity index (χ3n) is 6.40. The van der Waals surface area contributed by atoms with E-state index < -0.39 is 0 Å². The van der Waals surface area contributed by atoms with Gasteiger partial charge in [-0.15, -0.1) is 11.3 Å². The molecule has 0 bridgehead atoms. The second-order valence-electron chi connectivity index (χ2n) is 8.36. The van der Waals surface area contributed by atoms with Gasteiger partial charge < -0.3 is 4.90 Å². The highest BCUT2D eigenvalue weighted by molar-refractivity contribution is 8.08. The van der Waals surface area contributed by atoms with Crippen molar-refractivity contribution in [2.24, 2.45) is 0 Å². The first kappa shape index (κ1) is 22.9. The molecule has 6 rings (SSSR count). The number of aromatic nitrogens is 2. The lowest BCUT2D eigenvalue weighted by molar-refractivity contribution is -0.665. The predicted molar refractivity (Wildman–Crippen MR) is 151 cm³/mol. The highest BCUT2D eigenvalue weighted by Crippen LogP contribution is 2.46. The van der Waals surface area contributed by atoms with Crippen LogP contribution in [-0.2, 0) is 13.1 Å². The Morgan fingerprint density at radius 2 is 1.89 bits per heavy atom. The van der Waals surface area contributed by atoms with E-state index in [4.69, 9.17) is 11.6 Å². The van der Waals surface area contributed by atoms with Gasteiger partial charge >= 0.3 is 0 Å². The minimum atomic E-state index is 0.0617. The van der Waals surface area contributed by atoms with Crippen molar-refractivity contribution in [3.8, 4) is 0 Å². The van der Waals surface area contributed by atoms with E-state index >= 15 is 0 Å². The van der Waals surface area contributed by atoms with Crippen LogP contribution in [-0.4, -0.2) is 11.6 Å². The van der Waals surface area contributed by atoms with Crippen LogP contribution in [0.2, 0.25) is 5.02 Å². The van der Waals surface area contributed by atoms with Gasteiger partial charge in [0.2, 0.25) is 5.52 Å². The first-order chi connectivity index (χ1) is 17.0. The highest BCUT2D eigenvalue weighted by atomic mass is 35.5. The molecular formula is C27H23ClN3OS3+. The molecule has 0 spiro atoms. The Labute approximate surface area is 220 Å². The van der Waals surface area contributed by atoms with E-state index in [2.05, 4.69) is 58.9 Å². The van der Waals surface area contributed by atoms with Crippen molar-refractivity contribution in [1.29, 1.82) is 0 Å². The van der Waals surface area contributed by atoms with E-state index in [-0.39, 0.29) is 5.56 Å². The normalized spacial score (nSPS) is 15.5. The molecule has 5 aromatic rings. The lowest BCUT2D eigenvalue weighted by Crippen LogP contribution is -2.35. The van der Waals surface area contributed by atoms with Crippen molar-refractivity contribution in [3.63, 3.8) is 0 Å². The molecule has 0 saturated carbocycles. The number of halogens is 1. The maximum Gasteiger partial charge on any atom is 0.271 e. The third-order valence-corrected chi connectivity index (χ3v) is 10.3. The molecule has 0 saturated heterocycles. The van der Waals surface area contributed by atoms with Gasteiger partial charge in [-0.2, -0.15) is 4.57 Å². The first-order valence-electron chi connectivity index (χ1n) is 11.5. The van der Waals surface area contributed by atoms with Gasteiger partial charge in [0.25, 0.3) is 10.6 Å². The smallest absolute Gasteiger partial charge is 0.271 e. The summed E-state index contributed by atoms with van der Waals surface area (Å²) in [5, 5.41) is 5.33. The second kappa shape index (κ2) is 8.82. The quantitative estimate of drug-likeness (QED) is 0.289. The minimum Gasteiger partial charge on any atom is -0.337 e. The maximum atomic E-state index is 13.5. The molecule has 176 valence electrons. The molecule has 1 aliphatic heterocycles. The van der Waals surface area contributed by atoms with Crippen molar-refractivity contribution in [2.75, 3.05) is 11.9 Å². The summed E-state index contributed by atoms with van der Waals surface area (Å²) in [6.45, 7) is 5.70. The van der Waals surface area contributed by atoms with Gasteiger partial charge in [-0.05, 0) is 43.5 Å². The summed E-state index contributed by atoms with van der Waals surface area (Å²) in [4.78, 5) is 16.7. The minimum absolute atomic E-state index is 0.0617. The van der Waals surface area contributed by atoms with Gasteiger partial charge in [-0.3, -0.25) is 9.36 Å². The summed E-state index contributed by atoms with van der Waals surface area (Å²) < 4.78 is 7.26. The lowest BCUT2D eigenvalue weighted by Gasteiger charge is -2.12. The molecular weight excluding hydrogens is 514 g/mol. The molecule has 3 aromatic carbocycles. The van der Waals surface area contributed by atoms with Crippen LogP contribution >= 0.6 is 46.0 Å². The molecule has 4 nitrogen and oxygen atoms in total. The van der Waals surface area contributed by atoms with Crippen molar-refractivity contribution in [1.82, 2.24) is 4.57 Å². The fraction of sp³-hybridized carbons (Fsp3) is 0.185. The fourth-order valence-electron chi connectivity index (χ4n) is 4.66. The van der Waals surface area contributed by atoms with Crippen LogP contribution in [0.25, 0.3) is 32.1 Å². The van der Waals surface area contributed by atoms with Crippen LogP contribution in [0.5, 0.6) is 0 Å². The van der Waals surface area contributed by atoms with Crippen LogP contribution in [0.3, 0.4) is 0 Å². The molecule has 0 fully saturated rings. The highest BCUT2D eigenvalue weighted by Gasteiger charge is 2.25. The van der Waals surface area contributed by atoms with Gasteiger partial charge in [0.05, 0.1) is 11.8 Å². The monoisotopic (exact) mass is 536 g/mol. The van der Waals surface area contributed by atoms with E-state index in [0.717, 1.165) is 36.4 Å². The van der Waals surface area contributed by atoms with Crippen LogP contribution < -0.4 is 24.2 Å². The summed E-state index contributed by atoms with van der Waals surface area (Å²) in [6, 6.07) is 18.8. The van der Waals surface area contributed by atoms with E-state index in [1.54, 1.807) is 34.4 Å². The second-order valence-corrected chi connectivity index (χ2v) is 11.9. The van der Waals surface area contributed by atoms with Gasteiger partial charge in [0, 0.05) is 35.0 Å². The third kappa shape index (κ3) is 3.64. The number of hydrogen-bond donors (Lipinski definition) is 0. The van der Waals surface area contributed by atoms with Crippen LogP contribution in [0.1, 0.15) is 18.9 Å². The molecule has 0 radical (unpaired) electrons. The Hall–Kier alpha value is -2.58. The van der Waals surface area contributed by atoms with Crippen LogP contribution in [0, 0.1) is 0 Å². The van der Waals surface area contributed by atoms with Gasteiger partial charge in [0.1, 0.15) is 25.5 Å². The maximum absolute atomic E-state index is 13.5. The molecule has 8 heteroatoms. The van der Waals surface area contributed by atoms with Crippen LogP contribution in [0.4, 0.5) is 5.69 Å². The summed E-state index contributed by atoms with van der Waals surface area (Å²) in [5.74, 6) is 0. The number of thiazole rings is 2. The Morgan fingerprint density at radius 1 is 1.06 bits per heavy atom. The standard InChI is InChI=1S/C27H23ClN3OS3/c1-4-30-19-12-10-16-8-6-7-9-18(16)24(19)34-22(30)15-23-31(5-2)26(32)25(35-23)27-29(3)20-14-17(28)11-13-21(20)33-27/h6-15H,4-5H2,1-3H3/q+1/b27-25-. The Balaban J connectivity index is 1.59. The molecule has 0 unspecified atom stereocenters. The zero-order valence-electron chi connectivity index (χ0n) is 19.5. The zero-order valence-corrected chi connectivity index (χ0v) is 22.7. The number of anilines is 1. The van der Waals surface area contributed by atoms with Crippen molar-refractivity contribution in [3.05, 3.63) is 84.2 Å². The number of benzene rings is 3. The Morgan fingerprint density at radius 3 is 2.69 bits per heavy atom. The largest absolute Gasteiger partial charge is 0.337 e. The van der Waals surface area contributed by atoms with Gasteiger partial charge in [0.15, 0.2) is 0 Å². The molecule has 2 aromatic heterocycles. The van der Waals surface area contributed by atoms with Crippen molar-refractivity contribution < 1.29 is 4.57 Å². The van der Waals surface area contributed by atoms with E-state index in [1.807, 2.05) is 36.7 Å². The van der Waals surface area contributed by atoms with Gasteiger partial charge in [-0.25, -0.2) is 0 Å². The summed E-state index contributed by atoms with van der Waals surface area (Å²) in [7, 11) is 2.01. The number of nitrogens with zero attached hydrogens (tertiary/aromatic N) is 3. The molecule has 0 N–H and O–H groups in total. The summed E-state index contributed by atoms with van der Waals surface area (Å²) >= 11 is 11.2. The number of fused-ring (bicyclic) bond motifs is 4. The fourth-order valence-corrected chi connectivity index (χ4v) is 8.63. The molecule has 0 amide bonds. The Bertz CT molecular complexity index is 1820. The van der Waals surface area contributed by atoms with E-state index in [1.165, 1.54) is 21.0 Å².